The third-order valence-corrected chi connectivity index (χ3v) is 5.55. The first-order valence-corrected chi connectivity index (χ1v) is 10.6. The van der Waals surface area contributed by atoms with Gasteiger partial charge in [-0.15, -0.1) is 0 Å². The number of aliphatic hydroxyl groups is 1. The quantitative estimate of drug-likeness (QED) is 0.400. The first-order chi connectivity index (χ1) is 16.0. The summed E-state index contributed by atoms with van der Waals surface area (Å²) in [4.78, 5) is 11.2. The molecule has 1 atom stereocenters. The number of methoxy groups -OCH3 is 2. The molecule has 3 rings (SSSR count). The molecular formula is C27H29NO5. The third-order valence-electron chi connectivity index (χ3n) is 5.55. The number of aliphatic carboxylic acids is 1. The van der Waals surface area contributed by atoms with E-state index in [1.165, 1.54) is 16.7 Å². The van der Waals surface area contributed by atoms with E-state index < -0.39 is 18.6 Å². The Hall–Kier alpha value is -3.61. The zero-order valence-corrected chi connectivity index (χ0v) is 19.0. The molecule has 0 bridgehead atoms. The number of carboxylic acid groups (broad SMARTS) is 1. The first kappa shape index (κ1) is 24.0. The third kappa shape index (κ3) is 5.80. The summed E-state index contributed by atoms with van der Waals surface area (Å²) < 4.78 is 11.1. The van der Waals surface area contributed by atoms with E-state index in [4.69, 9.17) is 14.6 Å². The van der Waals surface area contributed by atoms with Gasteiger partial charge in [-0.25, -0.2) is 0 Å². The van der Waals surface area contributed by atoms with Crippen LogP contribution in [0.1, 0.15) is 22.3 Å². The van der Waals surface area contributed by atoms with E-state index in [9.17, 15) is 9.90 Å². The predicted octanol–water partition coefficient (Wildman–Crippen LogP) is 4.38. The van der Waals surface area contributed by atoms with Gasteiger partial charge in [-0.3, -0.25) is 10.1 Å². The van der Waals surface area contributed by atoms with Gasteiger partial charge in [0.25, 0.3) is 0 Å². The van der Waals surface area contributed by atoms with Crippen molar-refractivity contribution in [3.05, 3.63) is 82.9 Å². The molecule has 0 amide bonds. The average Bonchev–Trinajstić information content (AvgIpc) is 2.84. The maximum absolute atomic E-state index is 11.2. The molecule has 3 aromatic carbocycles. The van der Waals surface area contributed by atoms with Crippen molar-refractivity contribution in [3.63, 3.8) is 0 Å². The average molecular weight is 448 g/mol. The first-order valence-electron chi connectivity index (χ1n) is 10.6. The fourth-order valence-electron chi connectivity index (χ4n) is 3.68. The van der Waals surface area contributed by atoms with Gasteiger partial charge in [0.1, 0.15) is 17.5 Å². The van der Waals surface area contributed by atoms with Crippen LogP contribution in [0.5, 0.6) is 11.5 Å². The van der Waals surface area contributed by atoms with Crippen LogP contribution in [-0.4, -0.2) is 43.1 Å². The summed E-state index contributed by atoms with van der Waals surface area (Å²) in [7, 11) is 3.11. The standard InChI is InChI=1S/C27H29NO5/c1-18-20(10-7-11-22(18)21-8-5-4-6-9-21)13-12-19-14-25(32-2)23(26(15-19)33-3)16-28-24(17-29)27(30)31/h4-15,24,28-29H,16-17H2,1-3H3,(H,30,31)/b13-12+. The van der Waals surface area contributed by atoms with E-state index in [0.29, 0.717) is 17.1 Å². The highest BCUT2D eigenvalue weighted by Gasteiger charge is 2.18. The van der Waals surface area contributed by atoms with Crippen molar-refractivity contribution in [2.75, 3.05) is 20.8 Å². The van der Waals surface area contributed by atoms with Crippen LogP contribution in [0.3, 0.4) is 0 Å². The molecule has 6 nitrogen and oxygen atoms in total. The molecular weight excluding hydrogens is 418 g/mol. The van der Waals surface area contributed by atoms with Crippen molar-refractivity contribution in [3.8, 4) is 22.6 Å². The fourth-order valence-corrected chi connectivity index (χ4v) is 3.68. The Morgan fingerprint density at radius 1 is 1.00 bits per heavy atom. The van der Waals surface area contributed by atoms with Crippen LogP contribution in [0.4, 0.5) is 0 Å². The summed E-state index contributed by atoms with van der Waals surface area (Å²) in [5.74, 6) is 0.0137. The normalized spacial score (nSPS) is 12.0. The topological polar surface area (TPSA) is 88.0 Å². The van der Waals surface area contributed by atoms with Crippen molar-refractivity contribution in [2.45, 2.75) is 19.5 Å². The second-order valence-corrected chi connectivity index (χ2v) is 7.58. The number of ether oxygens (including phenoxy) is 2. The summed E-state index contributed by atoms with van der Waals surface area (Å²) in [5.41, 5.74) is 6.21. The molecule has 0 aliphatic carbocycles. The smallest absolute Gasteiger partial charge is 0.323 e. The maximum atomic E-state index is 11.2. The lowest BCUT2D eigenvalue weighted by Crippen LogP contribution is -2.39. The minimum absolute atomic E-state index is 0.173. The van der Waals surface area contributed by atoms with E-state index in [2.05, 4.69) is 42.6 Å². The number of rotatable bonds is 10. The van der Waals surface area contributed by atoms with Crippen LogP contribution in [0, 0.1) is 6.92 Å². The Bertz CT molecular complexity index is 1100. The van der Waals surface area contributed by atoms with Crippen molar-refractivity contribution in [2.24, 2.45) is 0 Å². The Morgan fingerprint density at radius 3 is 2.24 bits per heavy atom. The summed E-state index contributed by atoms with van der Waals surface area (Å²) in [6.45, 7) is 1.77. The second-order valence-electron chi connectivity index (χ2n) is 7.58. The number of nitrogens with one attached hydrogen (secondary N) is 1. The lowest BCUT2D eigenvalue weighted by Gasteiger charge is -2.17. The maximum Gasteiger partial charge on any atom is 0.323 e. The van der Waals surface area contributed by atoms with Crippen molar-refractivity contribution < 1.29 is 24.5 Å². The number of carboxylic acids is 1. The summed E-state index contributed by atoms with van der Waals surface area (Å²) in [6.07, 6.45) is 4.05. The SMILES string of the molecule is COc1cc(/C=C/c2cccc(-c3ccccc3)c2C)cc(OC)c1CNC(CO)C(=O)O. The number of aliphatic hydroxyl groups excluding tert-OH is 1. The fraction of sp³-hybridized carbons (Fsp3) is 0.222. The van der Waals surface area contributed by atoms with Gasteiger partial charge in [-0.05, 0) is 46.9 Å². The van der Waals surface area contributed by atoms with Crippen LogP contribution in [0.25, 0.3) is 23.3 Å². The molecule has 0 heterocycles. The molecule has 0 aromatic heterocycles. The van der Waals surface area contributed by atoms with Crippen molar-refractivity contribution in [1.29, 1.82) is 0 Å². The molecule has 6 heteroatoms. The largest absolute Gasteiger partial charge is 0.496 e. The number of benzene rings is 3. The van der Waals surface area contributed by atoms with E-state index in [-0.39, 0.29) is 6.54 Å². The van der Waals surface area contributed by atoms with E-state index in [1.54, 1.807) is 14.2 Å². The van der Waals surface area contributed by atoms with Gasteiger partial charge in [0.15, 0.2) is 0 Å². The van der Waals surface area contributed by atoms with E-state index in [1.807, 2.05) is 42.5 Å². The molecule has 0 saturated heterocycles. The van der Waals surface area contributed by atoms with Gasteiger partial charge in [0.05, 0.1) is 20.8 Å². The van der Waals surface area contributed by atoms with Crippen LogP contribution in [0.15, 0.2) is 60.7 Å². The Kier molecular flexibility index (Phi) is 8.24. The van der Waals surface area contributed by atoms with Gasteiger partial charge in [0, 0.05) is 12.1 Å². The minimum atomic E-state index is -1.12. The van der Waals surface area contributed by atoms with Gasteiger partial charge in [-0.2, -0.15) is 0 Å². The van der Waals surface area contributed by atoms with Crippen LogP contribution in [0.2, 0.25) is 0 Å². The van der Waals surface area contributed by atoms with Gasteiger partial charge in [-0.1, -0.05) is 60.7 Å². The molecule has 172 valence electrons. The Balaban J connectivity index is 1.89. The van der Waals surface area contributed by atoms with Gasteiger partial charge in [0.2, 0.25) is 0 Å². The van der Waals surface area contributed by atoms with Crippen LogP contribution in [-0.2, 0) is 11.3 Å². The summed E-state index contributed by atoms with van der Waals surface area (Å²) in [5, 5.41) is 21.2. The van der Waals surface area contributed by atoms with E-state index >= 15 is 0 Å². The molecule has 3 aromatic rings. The zero-order chi connectivity index (χ0) is 23.8. The summed E-state index contributed by atoms with van der Waals surface area (Å²) >= 11 is 0. The van der Waals surface area contributed by atoms with Crippen LogP contribution < -0.4 is 14.8 Å². The molecule has 0 aliphatic rings. The number of carbonyl (C=O) groups is 1. The minimum Gasteiger partial charge on any atom is -0.496 e. The van der Waals surface area contributed by atoms with Crippen molar-refractivity contribution in [1.82, 2.24) is 5.32 Å². The van der Waals surface area contributed by atoms with Gasteiger partial charge >= 0.3 is 5.97 Å². The van der Waals surface area contributed by atoms with E-state index in [0.717, 1.165) is 11.1 Å². The molecule has 1 unspecified atom stereocenters. The lowest BCUT2D eigenvalue weighted by molar-refractivity contribution is -0.140. The highest BCUT2D eigenvalue weighted by Crippen LogP contribution is 2.32. The second kappa shape index (κ2) is 11.3. The van der Waals surface area contributed by atoms with Crippen LogP contribution >= 0.6 is 0 Å². The Labute approximate surface area is 194 Å². The highest BCUT2D eigenvalue weighted by atomic mass is 16.5. The predicted molar refractivity (Wildman–Crippen MR) is 130 cm³/mol. The Morgan fingerprint density at radius 2 is 1.67 bits per heavy atom. The number of hydrogen-bond donors (Lipinski definition) is 3. The molecule has 0 saturated carbocycles. The molecule has 0 aliphatic heterocycles. The van der Waals surface area contributed by atoms with Crippen molar-refractivity contribution >= 4 is 18.1 Å². The monoisotopic (exact) mass is 447 g/mol. The lowest BCUT2D eigenvalue weighted by atomic mass is 9.96. The molecule has 33 heavy (non-hydrogen) atoms. The number of hydrogen-bond acceptors (Lipinski definition) is 5. The van der Waals surface area contributed by atoms with Gasteiger partial charge < -0.3 is 19.7 Å². The molecule has 0 radical (unpaired) electrons. The highest BCUT2D eigenvalue weighted by molar-refractivity contribution is 5.78. The molecule has 3 N–H and O–H groups in total. The zero-order valence-electron chi connectivity index (χ0n) is 19.0. The molecule has 0 spiro atoms. The molecule has 0 fully saturated rings. The summed E-state index contributed by atoms with van der Waals surface area (Å²) in [6, 6.07) is 19.2.